The third-order valence-corrected chi connectivity index (χ3v) is 2.94. The number of benzene rings is 1. The number of aromatic nitrogens is 2. The Hall–Kier alpha value is -2.64. The van der Waals surface area contributed by atoms with Crippen molar-refractivity contribution in [3.63, 3.8) is 0 Å². The number of nitrogen functional groups attached to an aromatic ring is 1. The van der Waals surface area contributed by atoms with Gasteiger partial charge in [-0.2, -0.15) is 0 Å². The fourth-order valence-corrected chi connectivity index (χ4v) is 1.85. The van der Waals surface area contributed by atoms with Crippen molar-refractivity contribution in [2.45, 2.75) is 6.92 Å². The smallest absolute Gasteiger partial charge is 0.388 e. The van der Waals surface area contributed by atoms with Gasteiger partial charge in [0, 0.05) is 11.1 Å². The van der Waals surface area contributed by atoms with E-state index in [9.17, 15) is 14.7 Å². The number of hydrogen-bond acceptors (Lipinski definition) is 5. The molecule has 0 fully saturated rings. The summed E-state index contributed by atoms with van der Waals surface area (Å²) < 4.78 is 0. The molecule has 0 aliphatic carbocycles. The molecule has 0 unspecified atom stereocenters. The molecule has 0 amide bonds. The molecule has 0 aliphatic heterocycles. The SMILES string of the molecule is Cc1cc(Cl)[nH+]c(N)n1.O=C(O)C(=O)/C=C(\[O-])c1ccc(Cl)cc1. The van der Waals surface area contributed by atoms with E-state index in [-0.39, 0.29) is 5.56 Å². The predicted octanol–water partition coefficient (Wildman–Crippen LogP) is 1.13. The van der Waals surface area contributed by atoms with Crippen LogP contribution in [0.3, 0.4) is 0 Å². The molecule has 2 rings (SSSR count). The summed E-state index contributed by atoms with van der Waals surface area (Å²) in [7, 11) is 0. The number of nitrogens with one attached hydrogen (secondary N) is 1. The average Bonchev–Trinajstić information content (AvgIpc) is 2.46. The molecule has 2 aromatic rings. The average molecular weight is 370 g/mol. The maximum atomic E-state index is 11.3. The number of aromatic amines is 1. The number of anilines is 1. The third kappa shape index (κ3) is 6.64. The molecule has 1 aromatic carbocycles. The van der Waals surface area contributed by atoms with Crippen LogP contribution in [-0.2, 0) is 9.59 Å². The molecule has 24 heavy (non-hydrogen) atoms. The van der Waals surface area contributed by atoms with E-state index in [0.29, 0.717) is 22.2 Å². The Balaban J connectivity index is 0.000000272. The van der Waals surface area contributed by atoms with Gasteiger partial charge in [-0.05, 0) is 42.3 Å². The predicted molar refractivity (Wildman–Crippen MR) is 87.0 cm³/mol. The molecule has 1 heterocycles. The molecular weight excluding hydrogens is 357 g/mol. The minimum Gasteiger partial charge on any atom is -0.872 e. The van der Waals surface area contributed by atoms with Crippen LogP contribution >= 0.6 is 23.2 Å². The van der Waals surface area contributed by atoms with Gasteiger partial charge in [0.05, 0.1) is 0 Å². The van der Waals surface area contributed by atoms with Crippen LogP contribution in [0.15, 0.2) is 36.4 Å². The van der Waals surface area contributed by atoms with Gasteiger partial charge >= 0.3 is 11.9 Å². The lowest BCUT2D eigenvalue weighted by Crippen LogP contribution is -2.13. The number of carboxylic acids is 1. The van der Waals surface area contributed by atoms with Gasteiger partial charge in [-0.3, -0.25) is 10.5 Å². The van der Waals surface area contributed by atoms with E-state index >= 15 is 0 Å². The highest BCUT2D eigenvalue weighted by molar-refractivity contribution is 6.38. The first-order valence-corrected chi connectivity index (χ1v) is 7.18. The van der Waals surface area contributed by atoms with E-state index in [4.69, 9.17) is 34.0 Å². The highest BCUT2D eigenvalue weighted by Crippen LogP contribution is 2.13. The Labute approximate surface area is 147 Å². The molecule has 0 saturated heterocycles. The van der Waals surface area contributed by atoms with Crippen LogP contribution in [0.4, 0.5) is 5.95 Å². The van der Waals surface area contributed by atoms with Gasteiger partial charge in [-0.25, -0.2) is 9.78 Å². The lowest BCUT2D eigenvalue weighted by Gasteiger charge is -2.10. The first kappa shape index (κ1) is 19.4. The molecule has 9 heteroatoms. The molecule has 0 saturated carbocycles. The van der Waals surface area contributed by atoms with Gasteiger partial charge in [0.1, 0.15) is 5.69 Å². The van der Waals surface area contributed by atoms with E-state index < -0.39 is 17.5 Å². The number of aryl methyl sites for hydroxylation is 1. The Bertz CT molecular complexity index is 726. The zero-order valence-corrected chi connectivity index (χ0v) is 13.9. The quantitative estimate of drug-likeness (QED) is 0.361. The van der Waals surface area contributed by atoms with Crippen molar-refractivity contribution >= 4 is 46.7 Å². The fraction of sp³-hybridized carbons (Fsp3) is 0.0667. The summed E-state index contributed by atoms with van der Waals surface area (Å²) in [5.41, 5.74) is 6.34. The molecule has 0 bridgehead atoms. The largest absolute Gasteiger partial charge is 0.872 e. The summed E-state index contributed by atoms with van der Waals surface area (Å²) in [5, 5.41) is 20.5. The van der Waals surface area contributed by atoms with Crippen molar-refractivity contribution in [3.05, 3.63) is 57.8 Å². The van der Waals surface area contributed by atoms with Crippen LogP contribution in [-0.4, -0.2) is 21.8 Å². The highest BCUT2D eigenvalue weighted by atomic mass is 35.5. The fourth-order valence-electron chi connectivity index (χ4n) is 1.47. The number of ketones is 1. The molecule has 0 atom stereocenters. The standard InChI is InChI=1S/C10H7ClO4.C5H6ClN3/c11-7-3-1-6(2-4-7)8(12)5-9(13)10(14)15;1-3-2-4(6)9-5(7)8-3/h1-5,12H,(H,14,15);2H,1H3,(H2,7,8,9)/b8-5-;. The van der Waals surface area contributed by atoms with Gasteiger partial charge < -0.3 is 10.2 Å². The maximum Gasteiger partial charge on any atom is 0.388 e. The van der Waals surface area contributed by atoms with E-state index in [0.717, 1.165) is 5.69 Å². The molecule has 0 spiro atoms. The van der Waals surface area contributed by atoms with E-state index in [1.54, 1.807) is 6.07 Å². The number of carbonyl (C=O) groups is 2. The minimum atomic E-state index is -1.66. The van der Waals surface area contributed by atoms with E-state index in [2.05, 4.69) is 9.97 Å². The maximum absolute atomic E-state index is 11.3. The van der Waals surface area contributed by atoms with Crippen molar-refractivity contribution in [2.24, 2.45) is 0 Å². The normalized spacial score (nSPS) is 10.5. The van der Waals surface area contributed by atoms with Crippen LogP contribution in [0.2, 0.25) is 10.2 Å². The number of halogens is 2. The Morgan fingerprint density at radius 1 is 1.29 bits per heavy atom. The van der Waals surface area contributed by atoms with Gasteiger partial charge in [0.2, 0.25) is 0 Å². The summed E-state index contributed by atoms with van der Waals surface area (Å²) in [6, 6.07) is 7.49. The van der Waals surface area contributed by atoms with Crippen molar-refractivity contribution in [1.82, 2.24) is 4.98 Å². The molecule has 4 N–H and O–H groups in total. The van der Waals surface area contributed by atoms with E-state index in [1.807, 2.05) is 6.92 Å². The number of H-pyrrole nitrogens is 1. The molecule has 0 radical (unpaired) electrons. The summed E-state index contributed by atoms with van der Waals surface area (Å²) in [6.07, 6.45) is 0.533. The van der Waals surface area contributed by atoms with Gasteiger partial charge in [0.25, 0.3) is 5.78 Å². The zero-order chi connectivity index (χ0) is 18.3. The number of rotatable bonds is 3. The Morgan fingerprint density at radius 2 is 1.88 bits per heavy atom. The monoisotopic (exact) mass is 369 g/mol. The minimum absolute atomic E-state index is 0.217. The van der Waals surface area contributed by atoms with Crippen LogP contribution in [0.5, 0.6) is 0 Å². The second kappa shape index (κ2) is 8.85. The number of nitrogens with two attached hydrogens (primary N) is 1. The van der Waals surface area contributed by atoms with Crippen molar-refractivity contribution in [3.8, 4) is 0 Å². The Kier molecular flexibility index (Phi) is 7.16. The number of aliphatic carboxylic acids is 1. The van der Waals surface area contributed by atoms with Gasteiger partial charge in [0.15, 0.2) is 5.15 Å². The molecular formula is C15H13Cl2N3O4. The topological polar surface area (TPSA) is 130 Å². The lowest BCUT2D eigenvalue weighted by molar-refractivity contribution is -0.361. The molecule has 7 nitrogen and oxygen atoms in total. The zero-order valence-electron chi connectivity index (χ0n) is 12.4. The van der Waals surface area contributed by atoms with E-state index in [1.165, 1.54) is 24.3 Å². The second-order valence-electron chi connectivity index (χ2n) is 4.44. The molecule has 1 aromatic heterocycles. The lowest BCUT2D eigenvalue weighted by atomic mass is 10.1. The van der Waals surface area contributed by atoms with Gasteiger partial charge in [-0.1, -0.05) is 34.5 Å². The Morgan fingerprint density at radius 3 is 2.33 bits per heavy atom. The second-order valence-corrected chi connectivity index (χ2v) is 5.28. The van der Waals surface area contributed by atoms with Gasteiger partial charge in [-0.15, -0.1) is 0 Å². The third-order valence-electron chi connectivity index (χ3n) is 2.48. The van der Waals surface area contributed by atoms with Crippen LogP contribution in [0.25, 0.3) is 5.76 Å². The number of carbonyl (C=O) groups excluding carboxylic acids is 1. The van der Waals surface area contributed by atoms with Crippen LogP contribution in [0, 0.1) is 6.92 Å². The summed E-state index contributed by atoms with van der Waals surface area (Å²) >= 11 is 11.2. The molecule has 126 valence electrons. The van der Waals surface area contributed by atoms with Crippen LogP contribution in [0.1, 0.15) is 11.3 Å². The number of nitrogens with zero attached hydrogens (tertiary/aromatic N) is 1. The van der Waals surface area contributed by atoms with Crippen molar-refractivity contribution in [2.75, 3.05) is 5.73 Å². The summed E-state index contributed by atoms with van der Waals surface area (Å²) in [6.45, 7) is 1.83. The summed E-state index contributed by atoms with van der Waals surface area (Å²) in [4.78, 5) is 27.4. The van der Waals surface area contributed by atoms with Crippen molar-refractivity contribution < 1.29 is 24.8 Å². The molecule has 0 aliphatic rings. The first-order valence-electron chi connectivity index (χ1n) is 6.43. The number of carboxylic acid groups (broad SMARTS) is 1. The summed E-state index contributed by atoms with van der Waals surface area (Å²) in [5.74, 6) is -3.20. The van der Waals surface area contributed by atoms with Crippen LogP contribution < -0.4 is 15.8 Å². The van der Waals surface area contributed by atoms with Crippen molar-refractivity contribution in [1.29, 1.82) is 0 Å². The highest BCUT2D eigenvalue weighted by Gasteiger charge is 2.06. The number of hydrogen-bond donors (Lipinski definition) is 2. The first-order chi connectivity index (χ1) is 11.2.